The molecule has 3 heterocycles. The molecule has 0 unspecified atom stereocenters. The lowest BCUT2D eigenvalue weighted by Gasteiger charge is -2.20. The fraction of sp³-hybridized carbons (Fsp3) is 0.182. The first kappa shape index (κ1) is 30.1. The second-order valence-corrected chi connectivity index (χ2v) is 11.5. The number of ether oxygens (including phenoxy) is 1. The van der Waals surface area contributed by atoms with E-state index in [1.54, 1.807) is 42.7 Å². The van der Waals surface area contributed by atoms with Crippen LogP contribution in [0, 0.1) is 5.21 Å². The second kappa shape index (κ2) is 13.0. The standard InChI is InChI=1S/C33H28Cl2N6O4/c1-45-33(43)36-24-11-12-25-20-5-4-6-21(15-20)26(7-2-3-8-32(42)37-28(25)17-24)30-13-9-22(18-41(30)44)27-16-23(34)10-14-29(27)40-19-31(35)38-39-40/h4-6,9-19,26H,2-3,7-8H2,1H3,(H,36,43)(H,37,42)/t26-/m0/s1. The Balaban J connectivity index is 1.39. The van der Waals surface area contributed by atoms with Crippen molar-refractivity contribution < 1.29 is 19.1 Å². The lowest BCUT2D eigenvalue weighted by Crippen LogP contribution is -2.33. The second-order valence-electron chi connectivity index (χ2n) is 10.7. The number of carbonyl (C=O) groups is 2. The molecule has 0 radical (unpaired) electrons. The Kier molecular flexibility index (Phi) is 8.68. The van der Waals surface area contributed by atoms with Crippen molar-refractivity contribution in [1.29, 1.82) is 0 Å². The molecule has 0 fully saturated rings. The summed E-state index contributed by atoms with van der Waals surface area (Å²) in [6.07, 6.45) is 4.88. The van der Waals surface area contributed by atoms with Gasteiger partial charge in [0, 0.05) is 39.9 Å². The average molecular weight is 644 g/mol. The minimum Gasteiger partial charge on any atom is -0.618 e. The Hall–Kier alpha value is -4.93. The molecule has 0 aliphatic carbocycles. The summed E-state index contributed by atoms with van der Waals surface area (Å²) in [5.41, 5.74) is 6.29. The number of nitrogens with one attached hydrogen (secondary N) is 2. The van der Waals surface area contributed by atoms with Gasteiger partial charge in [-0.25, -0.2) is 9.48 Å². The quantitative estimate of drug-likeness (QED) is 0.156. The number of rotatable bonds is 4. The van der Waals surface area contributed by atoms with Crippen molar-refractivity contribution in [3.8, 4) is 27.9 Å². The fourth-order valence-corrected chi connectivity index (χ4v) is 5.92. The number of pyridine rings is 1. The molecule has 1 aliphatic heterocycles. The first-order valence-electron chi connectivity index (χ1n) is 14.3. The number of methoxy groups -OCH3 is 1. The smallest absolute Gasteiger partial charge is 0.411 e. The molecule has 2 amide bonds. The largest absolute Gasteiger partial charge is 0.618 e. The molecule has 6 rings (SSSR count). The van der Waals surface area contributed by atoms with Crippen molar-refractivity contribution in [3.05, 3.63) is 112 Å². The summed E-state index contributed by atoms with van der Waals surface area (Å²) in [4.78, 5) is 24.7. The molecule has 0 saturated heterocycles. The number of aromatic nitrogens is 4. The number of fused-ring (bicyclic) bond motifs is 4. The third-order valence-corrected chi connectivity index (χ3v) is 8.16. The number of halogens is 2. The van der Waals surface area contributed by atoms with Crippen molar-refractivity contribution in [2.45, 2.75) is 31.6 Å². The van der Waals surface area contributed by atoms with Gasteiger partial charge < -0.3 is 15.3 Å². The summed E-state index contributed by atoms with van der Waals surface area (Å²) in [6, 6.07) is 22.3. The summed E-state index contributed by atoms with van der Waals surface area (Å²) >= 11 is 12.4. The van der Waals surface area contributed by atoms with Gasteiger partial charge in [0.25, 0.3) is 0 Å². The zero-order valence-electron chi connectivity index (χ0n) is 24.2. The minimum absolute atomic E-state index is 0.131. The van der Waals surface area contributed by atoms with E-state index in [-0.39, 0.29) is 17.0 Å². The first-order chi connectivity index (χ1) is 21.8. The highest BCUT2D eigenvalue weighted by Crippen LogP contribution is 2.37. The number of hydrogen-bond acceptors (Lipinski definition) is 6. The third kappa shape index (κ3) is 6.62. The number of benzene rings is 3. The lowest BCUT2D eigenvalue weighted by atomic mass is 9.87. The molecule has 10 nitrogen and oxygen atoms in total. The highest BCUT2D eigenvalue weighted by atomic mass is 35.5. The van der Waals surface area contributed by atoms with Crippen molar-refractivity contribution in [2.24, 2.45) is 0 Å². The van der Waals surface area contributed by atoms with Crippen LogP contribution in [-0.4, -0.2) is 34.1 Å². The van der Waals surface area contributed by atoms with E-state index < -0.39 is 6.09 Å². The highest BCUT2D eigenvalue weighted by Gasteiger charge is 2.25. The molecule has 228 valence electrons. The number of hydrogen-bond donors (Lipinski definition) is 2. The van der Waals surface area contributed by atoms with E-state index in [1.807, 2.05) is 42.5 Å². The van der Waals surface area contributed by atoms with Gasteiger partial charge in [0.1, 0.15) is 0 Å². The van der Waals surface area contributed by atoms with Crippen LogP contribution in [0.1, 0.15) is 42.9 Å². The van der Waals surface area contributed by atoms with Gasteiger partial charge in [0.15, 0.2) is 17.0 Å². The van der Waals surface area contributed by atoms with Crippen molar-refractivity contribution in [3.63, 3.8) is 0 Å². The Bertz CT molecular complexity index is 1910. The first-order valence-corrected chi connectivity index (χ1v) is 15.0. The fourth-order valence-electron chi connectivity index (χ4n) is 5.62. The van der Waals surface area contributed by atoms with E-state index >= 15 is 0 Å². The van der Waals surface area contributed by atoms with E-state index in [1.165, 1.54) is 11.8 Å². The van der Waals surface area contributed by atoms with Crippen LogP contribution in [0.25, 0.3) is 27.9 Å². The average Bonchev–Trinajstić information content (AvgIpc) is 3.47. The number of amides is 2. The molecule has 1 atom stereocenters. The van der Waals surface area contributed by atoms with Crippen LogP contribution in [0.3, 0.4) is 0 Å². The van der Waals surface area contributed by atoms with Crippen LogP contribution in [0.2, 0.25) is 10.2 Å². The van der Waals surface area contributed by atoms with Gasteiger partial charge in [-0.1, -0.05) is 65.2 Å². The minimum atomic E-state index is -0.606. The van der Waals surface area contributed by atoms with Gasteiger partial charge in [-0.15, -0.1) is 5.10 Å². The maximum atomic E-state index is 13.7. The topological polar surface area (TPSA) is 125 Å². The predicted molar refractivity (Wildman–Crippen MR) is 173 cm³/mol. The van der Waals surface area contributed by atoms with Gasteiger partial charge in [-0.05, 0) is 60.4 Å². The molecule has 0 saturated carbocycles. The normalized spacial score (nSPS) is 14.8. The maximum absolute atomic E-state index is 13.7. The third-order valence-electron chi connectivity index (χ3n) is 7.76. The van der Waals surface area contributed by atoms with Gasteiger partial charge in [-0.3, -0.25) is 10.1 Å². The molecule has 2 aromatic heterocycles. The Morgan fingerprint density at radius 2 is 1.91 bits per heavy atom. The number of carbonyl (C=O) groups excluding carboxylic acids is 2. The summed E-state index contributed by atoms with van der Waals surface area (Å²) in [5.74, 6) is -0.357. The number of nitrogens with zero attached hydrogens (tertiary/aromatic N) is 4. The van der Waals surface area contributed by atoms with Gasteiger partial charge in [0.2, 0.25) is 5.91 Å². The van der Waals surface area contributed by atoms with Gasteiger partial charge in [-0.2, -0.15) is 4.73 Å². The zero-order valence-corrected chi connectivity index (χ0v) is 25.7. The SMILES string of the molecule is COC(=O)Nc1ccc2c(c1)NC(=O)CCCC[C@H](c1ccc(-c3cc(Cl)ccc3-n3cc(Cl)nn3)c[n+]1[O-])c1cccc-2c1. The van der Waals surface area contributed by atoms with E-state index in [4.69, 9.17) is 27.9 Å². The molecule has 0 spiro atoms. The van der Waals surface area contributed by atoms with Crippen molar-refractivity contribution in [1.82, 2.24) is 15.0 Å². The van der Waals surface area contributed by atoms with Gasteiger partial charge in [0.05, 0.1) is 30.6 Å². The summed E-state index contributed by atoms with van der Waals surface area (Å²) in [6.45, 7) is 0. The van der Waals surface area contributed by atoms with E-state index in [0.29, 0.717) is 58.2 Å². The molecular formula is C33H28Cl2N6O4. The molecule has 2 bridgehead atoms. The van der Waals surface area contributed by atoms with Crippen LogP contribution < -0.4 is 15.4 Å². The molecule has 45 heavy (non-hydrogen) atoms. The van der Waals surface area contributed by atoms with Crippen molar-refractivity contribution in [2.75, 3.05) is 17.7 Å². The van der Waals surface area contributed by atoms with E-state index in [9.17, 15) is 14.8 Å². The molecule has 1 aliphatic rings. The predicted octanol–water partition coefficient (Wildman–Crippen LogP) is 7.36. The number of anilines is 2. The Labute approximate surface area is 269 Å². The molecule has 5 aromatic rings. The van der Waals surface area contributed by atoms with Crippen LogP contribution in [0.5, 0.6) is 0 Å². The Morgan fingerprint density at radius 3 is 2.69 bits per heavy atom. The summed E-state index contributed by atoms with van der Waals surface area (Å²) in [5, 5.41) is 28.1. The lowest BCUT2D eigenvalue weighted by molar-refractivity contribution is -0.614. The highest BCUT2D eigenvalue weighted by molar-refractivity contribution is 6.31. The monoisotopic (exact) mass is 642 g/mol. The molecule has 12 heteroatoms. The summed E-state index contributed by atoms with van der Waals surface area (Å²) in [7, 11) is 1.29. The van der Waals surface area contributed by atoms with Crippen LogP contribution in [0.4, 0.5) is 16.2 Å². The van der Waals surface area contributed by atoms with E-state index in [2.05, 4.69) is 20.9 Å². The van der Waals surface area contributed by atoms with Gasteiger partial charge >= 0.3 is 6.09 Å². The van der Waals surface area contributed by atoms with E-state index in [0.717, 1.165) is 27.8 Å². The zero-order chi connectivity index (χ0) is 31.5. The molecule has 3 aromatic carbocycles. The van der Waals surface area contributed by atoms with Crippen molar-refractivity contribution >= 4 is 46.6 Å². The van der Waals surface area contributed by atoms with Crippen LogP contribution >= 0.6 is 23.2 Å². The van der Waals surface area contributed by atoms with Crippen LogP contribution in [0.15, 0.2) is 85.2 Å². The maximum Gasteiger partial charge on any atom is 0.411 e. The Morgan fingerprint density at radius 1 is 1.04 bits per heavy atom. The molecule has 2 N–H and O–H groups in total. The van der Waals surface area contributed by atoms with Crippen LogP contribution in [-0.2, 0) is 9.53 Å². The molecular weight excluding hydrogens is 615 g/mol. The summed E-state index contributed by atoms with van der Waals surface area (Å²) < 4.78 is 7.16.